The van der Waals surface area contributed by atoms with E-state index in [0.717, 1.165) is 43.4 Å². The van der Waals surface area contributed by atoms with Gasteiger partial charge in [-0.3, -0.25) is 9.59 Å². The highest BCUT2D eigenvalue weighted by Crippen LogP contribution is 2.66. The number of hydrogen-bond acceptors (Lipinski definition) is 2. The lowest BCUT2D eigenvalue weighted by Crippen LogP contribution is -2.51. The van der Waals surface area contributed by atoms with Gasteiger partial charge in [-0.25, -0.2) is 0 Å². The largest absolute Gasteiger partial charge is 0.300 e. The van der Waals surface area contributed by atoms with E-state index in [-0.39, 0.29) is 10.8 Å². The van der Waals surface area contributed by atoms with E-state index in [0.29, 0.717) is 17.5 Å². The molecule has 0 spiro atoms. The van der Waals surface area contributed by atoms with Crippen molar-refractivity contribution < 1.29 is 9.59 Å². The fraction of sp³-hybridized carbons (Fsp3) is 0.810. The second kappa shape index (κ2) is 5.04. The Hall–Kier alpha value is -0.920. The van der Waals surface area contributed by atoms with Crippen molar-refractivity contribution in [2.45, 2.75) is 72.1 Å². The molecule has 4 aliphatic rings. The van der Waals surface area contributed by atoms with Crippen molar-refractivity contribution in [3.05, 3.63) is 11.6 Å². The molecule has 23 heavy (non-hydrogen) atoms. The maximum Gasteiger partial charge on any atom is 0.155 e. The minimum atomic E-state index is 0.245. The van der Waals surface area contributed by atoms with Gasteiger partial charge in [-0.1, -0.05) is 19.4 Å². The Bertz CT molecular complexity index is 589. The van der Waals surface area contributed by atoms with Gasteiger partial charge in [0.25, 0.3) is 0 Å². The Morgan fingerprint density at radius 1 is 1.04 bits per heavy atom. The van der Waals surface area contributed by atoms with E-state index in [1.54, 1.807) is 6.92 Å². The number of allylic oxidation sites excluding steroid dienone is 1. The van der Waals surface area contributed by atoms with Crippen LogP contribution in [0.15, 0.2) is 11.6 Å². The lowest BCUT2D eigenvalue weighted by atomic mass is 9.48. The number of Topliss-reactive ketones (excluding diaryl/α,β-unsaturated/α-hetero) is 1. The molecule has 0 saturated heterocycles. The van der Waals surface area contributed by atoms with Gasteiger partial charge in [0.2, 0.25) is 0 Å². The molecule has 0 aliphatic heterocycles. The molecule has 3 saturated carbocycles. The highest BCUT2D eigenvalue weighted by molar-refractivity contribution is 5.91. The smallest absolute Gasteiger partial charge is 0.155 e. The minimum absolute atomic E-state index is 0.245. The number of fused-ring (bicyclic) bond motifs is 5. The van der Waals surface area contributed by atoms with Crippen LogP contribution >= 0.6 is 0 Å². The van der Waals surface area contributed by atoms with Gasteiger partial charge in [-0.15, -0.1) is 0 Å². The van der Waals surface area contributed by atoms with E-state index in [4.69, 9.17) is 0 Å². The number of ketones is 2. The summed E-state index contributed by atoms with van der Waals surface area (Å²) in [5.41, 5.74) is 1.95. The zero-order valence-electron chi connectivity index (χ0n) is 14.9. The van der Waals surface area contributed by atoms with E-state index in [1.165, 1.54) is 31.3 Å². The topological polar surface area (TPSA) is 34.1 Å². The van der Waals surface area contributed by atoms with Crippen molar-refractivity contribution >= 4 is 11.6 Å². The highest BCUT2D eigenvalue weighted by Gasteiger charge is 2.59. The van der Waals surface area contributed by atoms with Crippen LogP contribution in [0.5, 0.6) is 0 Å². The van der Waals surface area contributed by atoms with Gasteiger partial charge < -0.3 is 0 Å². The molecule has 4 aliphatic carbocycles. The van der Waals surface area contributed by atoms with E-state index >= 15 is 0 Å². The summed E-state index contributed by atoms with van der Waals surface area (Å²) in [5, 5.41) is 0. The van der Waals surface area contributed by atoms with Gasteiger partial charge in [0.1, 0.15) is 5.78 Å². The monoisotopic (exact) mass is 317 g/mol. The predicted molar refractivity (Wildman–Crippen MR) is 90.9 cm³/mol. The Kier molecular flexibility index (Phi) is 3.42. The van der Waals surface area contributed by atoms with Crippen LogP contribution < -0.4 is 0 Å². The molecule has 0 amide bonds. The molecule has 0 aromatic rings. The summed E-state index contributed by atoms with van der Waals surface area (Å²) < 4.78 is 0. The number of rotatable bonds is 1. The van der Waals surface area contributed by atoms with Crippen LogP contribution in [0, 0.1) is 34.5 Å². The molecule has 0 aromatic carbocycles. The highest BCUT2D eigenvalue weighted by atomic mass is 16.2. The van der Waals surface area contributed by atoms with Gasteiger partial charge in [0, 0.05) is 12.3 Å². The molecule has 3 unspecified atom stereocenters. The van der Waals surface area contributed by atoms with Crippen molar-refractivity contribution in [3.8, 4) is 0 Å². The standard InChI is InChI=1S/C21H30O2/c1-13(22)17-6-7-18-16-5-4-14-12-15(23)8-10-20(14,2)19(16)9-11-21(17,18)3/h12,16-19H,4-11H2,1-3H3/t16?,17-,18?,19?,20+,21-/m1/s1/i8+1,12+1,15+1. The first kappa shape index (κ1) is 15.6. The molecular formula is C21H30O2. The average Bonchev–Trinajstić information content (AvgIpc) is 2.85. The zero-order valence-corrected chi connectivity index (χ0v) is 14.9. The van der Waals surface area contributed by atoms with Crippen molar-refractivity contribution in [1.82, 2.24) is 0 Å². The van der Waals surface area contributed by atoms with Crippen LogP contribution in [0.4, 0.5) is 0 Å². The SMILES string of the molecule is CC(=O)[C@H]1CCC2C3CCC4=[13CH][13C](=O)[13CH2]C[C@]4(C)C3CC[C@@]21C. The Labute approximate surface area is 140 Å². The Morgan fingerprint density at radius 3 is 2.57 bits per heavy atom. The summed E-state index contributed by atoms with van der Waals surface area (Å²) in [6, 6.07) is 0. The second-order valence-corrected chi connectivity index (χ2v) is 9.25. The molecule has 0 bridgehead atoms. The number of carbonyl (C=O) groups excluding carboxylic acids is 2. The third-order valence-corrected chi connectivity index (χ3v) is 8.45. The molecule has 0 aromatic heterocycles. The molecule has 3 fully saturated rings. The van der Waals surface area contributed by atoms with E-state index in [9.17, 15) is 9.59 Å². The summed E-state index contributed by atoms with van der Waals surface area (Å²) >= 11 is 0. The average molecular weight is 317 g/mol. The van der Waals surface area contributed by atoms with E-state index < -0.39 is 0 Å². The van der Waals surface area contributed by atoms with Gasteiger partial charge >= 0.3 is 0 Å². The molecule has 2 heteroatoms. The summed E-state index contributed by atoms with van der Waals surface area (Å²) in [6.07, 6.45) is 10.9. The Balaban J connectivity index is 1.67. The van der Waals surface area contributed by atoms with Crippen LogP contribution in [0.25, 0.3) is 0 Å². The fourth-order valence-electron chi connectivity index (χ4n) is 7.23. The first-order valence-electron chi connectivity index (χ1n) is 9.60. The molecule has 0 N–H and O–H groups in total. The molecule has 0 heterocycles. The van der Waals surface area contributed by atoms with Crippen LogP contribution in [0.2, 0.25) is 0 Å². The maximum atomic E-state index is 12.1. The number of hydrogen-bond donors (Lipinski definition) is 0. The molecule has 126 valence electrons. The van der Waals surface area contributed by atoms with E-state index in [2.05, 4.69) is 13.8 Å². The quantitative estimate of drug-likeness (QED) is 0.656. The summed E-state index contributed by atoms with van der Waals surface area (Å²) in [7, 11) is 0. The van der Waals surface area contributed by atoms with Gasteiger partial charge in [-0.05, 0) is 86.5 Å². The third kappa shape index (κ3) is 2.06. The minimum Gasteiger partial charge on any atom is -0.300 e. The van der Waals surface area contributed by atoms with E-state index in [1.807, 2.05) is 6.08 Å². The maximum absolute atomic E-state index is 12.1. The van der Waals surface area contributed by atoms with Crippen LogP contribution in [-0.2, 0) is 9.59 Å². The second-order valence-electron chi connectivity index (χ2n) is 9.25. The Morgan fingerprint density at radius 2 is 1.83 bits per heavy atom. The molecule has 4 rings (SSSR count). The van der Waals surface area contributed by atoms with Crippen molar-refractivity contribution in [2.24, 2.45) is 34.5 Å². The predicted octanol–water partition coefficient (Wildman–Crippen LogP) is 4.72. The summed E-state index contributed by atoms with van der Waals surface area (Å²) in [5.74, 6) is 3.29. The fourth-order valence-corrected chi connectivity index (χ4v) is 7.23. The molecule has 0 radical (unpaired) electrons. The van der Waals surface area contributed by atoms with Gasteiger partial charge in [0.15, 0.2) is 5.78 Å². The first-order chi connectivity index (χ1) is 10.9. The third-order valence-electron chi connectivity index (χ3n) is 8.45. The number of carbonyl (C=O) groups is 2. The summed E-state index contributed by atoms with van der Waals surface area (Å²) in [4.78, 5) is 24.0. The van der Waals surface area contributed by atoms with Crippen molar-refractivity contribution in [3.63, 3.8) is 0 Å². The van der Waals surface area contributed by atoms with Crippen LogP contribution in [-0.4, -0.2) is 11.6 Å². The normalized spacial score (nSPS) is 49.0. The lowest BCUT2D eigenvalue weighted by molar-refractivity contribution is -0.128. The van der Waals surface area contributed by atoms with Crippen LogP contribution in [0.3, 0.4) is 0 Å². The zero-order chi connectivity index (χ0) is 16.4. The van der Waals surface area contributed by atoms with Gasteiger partial charge in [0.05, 0.1) is 0 Å². The first-order valence-corrected chi connectivity index (χ1v) is 9.60. The van der Waals surface area contributed by atoms with Crippen LogP contribution in [0.1, 0.15) is 72.1 Å². The molecular weight excluding hydrogens is 287 g/mol. The van der Waals surface area contributed by atoms with Crippen molar-refractivity contribution in [1.29, 1.82) is 0 Å². The summed E-state index contributed by atoms with van der Waals surface area (Å²) in [6.45, 7) is 6.65. The lowest BCUT2D eigenvalue weighted by Gasteiger charge is -2.58. The molecule has 6 atom stereocenters. The van der Waals surface area contributed by atoms with Crippen molar-refractivity contribution in [2.75, 3.05) is 0 Å². The van der Waals surface area contributed by atoms with Gasteiger partial charge in [-0.2, -0.15) is 0 Å². The molecule has 2 nitrogen and oxygen atoms in total.